The van der Waals surface area contributed by atoms with Crippen molar-refractivity contribution in [2.75, 3.05) is 11.5 Å². The van der Waals surface area contributed by atoms with Crippen molar-refractivity contribution in [1.82, 2.24) is 0 Å². The summed E-state index contributed by atoms with van der Waals surface area (Å²) < 4.78 is -0.660. The van der Waals surface area contributed by atoms with E-state index in [1.54, 1.807) is 30.4 Å². The molecule has 0 aromatic heterocycles. The van der Waals surface area contributed by atoms with Crippen molar-refractivity contribution in [1.29, 1.82) is 0 Å². The minimum absolute atomic E-state index is 0.222. The topological polar surface area (TPSA) is 74.6 Å². The van der Waals surface area contributed by atoms with Gasteiger partial charge in [-0.25, -0.2) is 4.79 Å². The van der Waals surface area contributed by atoms with Crippen LogP contribution in [0.1, 0.15) is 111 Å². The molecule has 0 aromatic carbocycles. The normalized spacial score (nSPS) is 11.0. The van der Waals surface area contributed by atoms with Gasteiger partial charge in [-0.3, -0.25) is 4.79 Å². The molecule has 0 saturated heterocycles. The van der Waals surface area contributed by atoms with E-state index >= 15 is 0 Å². The van der Waals surface area contributed by atoms with Gasteiger partial charge in [0, 0.05) is 6.42 Å². The lowest BCUT2D eigenvalue weighted by Crippen LogP contribution is -2.28. The minimum atomic E-state index is -0.745. The Morgan fingerprint density at radius 1 is 0.679 bits per heavy atom. The second kappa shape index (κ2) is 21.4. The highest BCUT2D eigenvalue weighted by molar-refractivity contribution is 8.19. The number of carboxylic acid groups (broad SMARTS) is 2. The zero-order valence-corrected chi connectivity index (χ0v) is 20.3. The number of thioether (sulfide) groups is 2. The molecule has 0 bridgehead atoms. The average Bonchev–Trinajstić information content (AvgIpc) is 2.67. The Morgan fingerprint density at radius 2 is 1.00 bits per heavy atom. The molecule has 2 N–H and O–H groups in total. The minimum Gasteiger partial charge on any atom is -0.481 e. The first-order chi connectivity index (χ1) is 13.3. The second-order valence-corrected chi connectivity index (χ2v) is 10.5. The lowest BCUT2D eigenvalue weighted by atomic mass is 10.1. The zero-order valence-electron chi connectivity index (χ0n) is 18.6. The van der Waals surface area contributed by atoms with Crippen LogP contribution in [0.5, 0.6) is 0 Å². The van der Waals surface area contributed by atoms with Crippen LogP contribution < -0.4 is 0 Å². The van der Waals surface area contributed by atoms with Gasteiger partial charge in [-0.05, 0) is 31.3 Å². The Labute approximate surface area is 182 Å². The van der Waals surface area contributed by atoms with Crippen molar-refractivity contribution in [3.05, 3.63) is 0 Å². The monoisotopic (exact) mass is 436 g/mol. The number of carboxylic acids is 2. The van der Waals surface area contributed by atoms with Gasteiger partial charge < -0.3 is 10.2 Å². The maximum Gasteiger partial charge on any atom is 0.329 e. The van der Waals surface area contributed by atoms with Crippen molar-refractivity contribution < 1.29 is 19.8 Å². The molecule has 0 aromatic rings. The molecule has 0 fully saturated rings. The third kappa shape index (κ3) is 20.4. The summed E-state index contributed by atoms with van der Waals surface area (Å²) >= 11 is 3.26. The molecule has 4 nitrogen and oxygen atoms in total. The van der Waals surface area contributed by atoms with Gasteiger partial charge in [-0.15, -0.1) is 23.5 Å². The fraction of sp³-hybridized carbons (Fsp3) is 0.909. The quantitative estimate of drug-likeness (QED) is 0.172. The molecule has 0 rings (SSSR count). The Hall–Kier alpha value is -0.360. The van der Waals surface area contributed by atoms with Crippen LogP contribution in [0.25, 0.3) is 0 Å². The number of carbonyl (C=O) groups is 2. The van der Waals surface area contributed by atoms with E-state index in [1.165, 1.54) is 64.2 Å². The van der Waals surface area contributed by atoms with Gasteiger partial charge in [-0.1, -0.05) is 85.0 Å². The standard InChI is InChI=1S/C19H38O2S2.C3H6O2/c1-4-6-8-10-12-14-16-22-19(3,18(20)21)23-17-15-13-11-9-7-5-2;1-2-3(4)5/h4-17H2,1-3H3,(H,20,21);2H2,1H3,(H,4,5). The van der Waals surface area contributed by atoms with Gasteiger partial charge in [0.15, 0.2) is 4.08 Å². The van der Waals surface area contributed by atoms with E-state index in [0.717, 1.165) is 24.3 Å². The molecule has 0 amide bonds. The summed E-state index contributed by atoms with van der Waals surface area (Å²) in [6.45, 7) is 7.95. The van der Waals surface area contributed by atoms with Gasteiger partial charge in [0.25, 0.3) is 0 Å². The van der Waals surface area contributed by atoms with E-state index in [9.17, 15) is 14.7 Å². The summed E-state index contributed by atoms with van der Waals surface area (Å²) in [5, 5.41) is 17.3. The van der Waals surface area contributed by atoms with Crippen molar-refractivity contribution in [2.45, 2.75) is 115 Å². The molecule has 0 aliphatic heterocycles. The molecular formula is C22H44O4S2. The van der Waals surface area contributed by atoms with E-state index < -0.39 is 16.0 Å². The smallest absolute Gasteiger partial charge is 0.329 e. The third-order valence-corrected chi connectivity index (χ3v) is 7.59. The summed E-state index contributed by atoms with van der Waals surface area (Å²) in [6.07, 6.45) is 15.4. The Morgan fingerprint density at radius 3 is 1.29 bits per heavy atom. The lowest BCUT2D eigenvalue weighted by Gasteiger charge is -2.23. The molecule has 0 atom stereocenters. The molecule has 0 aliphatic carbocycles. The largest absolute Gasteiger partial charge is 0.481 e. The molecule has 0 aliphatic rings. The number of unbranched alkanes of at least 4 members (excludes halogenated alkanes) is 10. The molecule has 0 radical (unpaired) electrons. The fourth-order valence-electron chi connectivity index (χ4n) is 2.46. The van der Waals surface area contributed by atoms with Crippen molar-refractivity contribution in [2.24, 2.45) is 0 Å². The number of rotatable bonds is 18. The van der Waals surface area contributed by atoms with E-state index in [2.05, 4.69) is 13.8 Å². The summed E-state index contributed by atoms with van der Waals surface area (Å²) in [6, 6.07) is 0. The highest BCUT2D eigenvalue weighted by Gasteiger charge is 2.33. The highest BCUT2D eigenvalue weighted by atomic mass is 32.2. The van der Waals surface area contributed by atoms with Crippen LogP contribution in [0.4, 0.5) is 0 Å². The molecule has 28 heavy (non-hydrogen) atoms. The van der Waals surface area contributed by atoms with Gasteiger partial charge >= 0.3 is 11.9 Å². The first kappa shape index (κ1) is 29.8. The van der Waals surface area contributed by atoms with E-state index in [1.807, 2.05) is 6.92 Å². The van der Waals surface area contributed by atoms with Crippen LogP contribution in [0, 0.1) is 0 Å². The molecular weight excluding hydrogens is 392 g/mol. The first-order valence-electron chi connectivity index (χ1n) is 11.1. The van der Waals surface area contributed by atoms with Crippen LogP contribution in [0.3, 0.4) is 0 Å². The van der Waals surface area contributed by atoms with Gasteiger partial charge in [-0.2, -0.15) is 0 Å². The second-order valence-electron chi connectivity index (χ2n) is 7.23. The molecule has 0 heterocycles. The summed E-state index contributed by atoms with van der Waals surface area (Å²) in [7, 11) is 0. The van der Waals surface area contributed by atoms with Crippen molar-refractivity contribution in [3.63, 3.8) is 0 Å². The molecule has 168 valence electrons. The Kier molecular flexibility index (Phi) is 22.8. The van der Waals surface area contributed by atoms with Crippen LogP contribution >= 0.6 is 23.5 Å². The zero-order chi connectivity index (χ0) is 21.7. The first-order valence-corrected chi connectivity index (χ1v) is 13.0. The van der Waals surface area contributed by atoms with Crippen molar-refractivity contribution in [3.8, 4) is 0 Å². The summed E-state index contributed by atoms with van der Waals surface area (Å²) in [4.78, 5) is 21.0. The molecule has 0 unspecified atom stereocenters. The van der Waals surface area contributed by atoms with Gasteiger partial charge in [0.1, 0.15) is 0 Å². The van der Waals surface area contributed by atoms with Gasteiger partial charge in [0.2, 0.25) is 0 Å². The van der Waals surface area contributed by atoms with Crippen LogP contribution in [-0.4, -0.2) is 37.7 Å². The maximum atomic E-state index is 11.6. The summed E-state index contributed by atoms with van der Waals surface area (Å²) in [5.74, 6) is 0.533. The predicted molar refractivity (Wildman–Crippen MR) is 126 cm³/mol. The van der Waals surface area contributed by atoms with Crippen molar-refractivity contribution >= 4 is 35.5 Å². The number of hydrogen-bond acceptors (Lipinski definition) is 4. The molecule has 6 heteroatoms. The van der Waals surface area contributed by atoms with Crippen LogP contribution in [0.15, 0.2) is 0 Å². The molecule has 0 spiro atoms. The third-order valence-electron chi connectivity index (χ3n) is 4.44. The molecule has 0 saturated carbocycles. The van der Waals surface area contributed by atoms with E-state index in [4.69, 9.17) is 5.11 Å². The van der Waals surface area contributed by atoms with Crippen LogP contribution in [-0.2, 0) is 9.59 Å². The lowest BCUT2D eigenvalue weighted by molar-refractivity contribution is -0.137. The van der Waals surface area contributed by atoms with Gasteiger partial charge in [0.05, 0.1) is 0 Å². The maximum absolute atomic E-state index is 11.6. The SMILES string of the molecule is CCC(=O)O.CCCCCCCCSC(C)(SCCCCCCCC)C(=O)O. The van der Waals surface area contributed by atoms with E-state index in [-0.39, 0.29) is 6.42 Å². The number of aliphatic carboxylic acids is 2. The fourth-order valence-corrected chi connectivity index (χ4v) is 5.02. The van der Waals surface area contributed by atoms with Crippen LogP contribution in [0.2, 0.25) is 0 Å². The summed E-state index contributed by atoms with van der Waals surface area (Å²) in [5.41, 5.74) is 0. The Bertz CT molecular complexity index is 358. The van der Waals surface area contributed by atoms with E-state index in [0.29, 0.717) is 0 Å². The predicted octanol–water partition coefficient (Wildman–Crippen LogP) is 7.46. The number of hydrogen-bond donors (Lipinski definition) is 2. The highest BCUT2D eigenvalue weighted by Crippen LogP contribution is 2.38. The average molecular weight is 437 g/mol. The Balaban J connectivity index is 0.